The highest BCUT2D eigenvalue weighted by Crippen LogP contribution is 2.06. The molecule has 0 fully saturated rings. The molecule has 2 N–H and O–H groups in total. The van der Waals surface area contributed by atoms with E-state index in [1.165, 1.54) is 0 Å². The molecular formula is C19H30N2O4. The molecule has 0 heterocycles. The quantitative estimate of drug-likeness (QED) is 0.501. The van der Waals surface area contributed by atoms with Crippen LogP contribution in [0.1, 0.15) is 45.6 Å². The van der Waals surface area contributed by atoms with Gasteiger partial charge in [0.25, 0.3) is 0 Å². The van der Waals surface area contributed by atoms with E-state index in [1.54, 1.807) is 0 Å². The van der Waals surface area contributed by atoms with E-state index in [4.69, 9.17) is 9.47 Å². The monoisotopic (exact) mass is 350 g/mol. The van der Waals surface area contributed by atoms with Crippen molar-refractivity contribution in [3.05, 3.63) is 35.9 Å². The number of hydrogen-bond acceptors (Lipinski definition) is 5. The van der Waals surface area contributed by atoms with Gasteiger partial charge in [-0.2, -0.15) is 0 Å². The van der Waals surface area contributed by atoms with Crippen LogP contribution in [0, 0.1) is 0 Å². The van der Waals surface area contributed by atoms with Gasteiger partial charge in [-0.1, -0.05) is 30.3 Å². The average molecular weight is 350 g/mol. The number of ether oxygens (including phenoxy) is 2. The van der Waals surface area contributed by atoms with Crippen LogP contribution in [-0.2, 0) is 20.9 Å². The van der Waals surface area contributed by atoms with Crippen molar-refractivity contribution < 1.29 is 19.1 Å². The second-order valence-corrected chi connectivity index (χ2v) is 6.78. The first-order valence-electron chi connectivity index (χ1n) is 8.74. The smallest absolute Gasteiger partial charge is 0.407 e. The van der Waals surface area contributed by atoms with Crippen LogP contribution in [0.2, 0.25) is 0 Å². The largest absolute Gasteiger partial charge is 0.461 e. The molecule has 0 radical (unpaired) electrons. The zero-order valence-corrected chi connectivity index (χ0v) is 15.5. The van der Waals surface area contributed by atoms with Crippen LogP contribution in [0.3, 0.4) is 0 Å². The Morgan fingerprint density at radius 2 is 1.68 bits per heavy atom. The highest BCUT2D eigenvalue weighted by atomic mass is 16.6. The molecule has 1 amide bonds. The first-order valence-corrected chi connectivity index (χ1v) is 8.74. The summed E-state index contributed by atoms with van der Waals surface area (Å²) in [7, 11) is 0. The maximum atomic E-state index is 11.6. The molecule has 6 nitrogen and oxygen atoms in total. The van der Waals surface area contributed by atoms with Crippen molar-refractivity contribution in [1.82, 2.24) is 10.6 Å². The summed E-state index contributed by atoms with van der Waals surface area (Å²) in [5, 5.41) is 5.94. The fraction of sp³-hybridized carbons (Fsp3) is 0.579. The molecule has 0 spiro atoms. The van der Waals surface area contributed by atoms with Gasteiger partial charge in [0.15, 0.2) is 0 Å². The molecule has 0 saturated carbocycles. The first kappa shape index (κ1) is 21.0. The Bertz CT molecular complexity index is 512. The number of nitrogens with one attached hydrogen (secondary N) is 2. The molecule has 0 bridgehead atoms. The number of carbonyl (C=O) groups excluding carboxylic acids is 2. The van der Waals surface area contributed by atoms with Gasteiger partial charge in [0.1, 0.15) is 12.2 Å². The predicted octanol–water partition coefficient (Wildman–Crippen LogP) is 3.01. The lowest BCUT2D eigenvalue weighted by atomic mass is 10.2. The Kier molecular flexibility index (Phi) is 9.62. The maximum Gasteiger partial charge on any atom is 0.407 e. The molecule has 0 aliphatic carbocycles. The van der Waals surface area contributed by atoms with Crippen molar-refractivity contribution in [2.24, 2.45) is 0 Å². The van der Waals surface area contributed by atoms with Gasteiger partial charge in [0.2, 0.25) is 0 Å². The number of carbonyl (C=O) groups is 2. The van der Waals surface area contributed by atoms with Crippen molar-refractivity contribution in [1.29, 1.82) is 0 Å². The molecule has 1 aromatic rings. The van der Waals surface area contributed by atoms with Gasteiger partial charge in [-0.25, -0.2) is 4.79 Å². The Labute approximate surface area is 150 Å². The zero-order chi connectivity index (χ0) is 18.5. The van der Waals surface area contributed by atoms with E-state index in [-0.39, 0.29) is 5.97 Å². The van der Waals surface area contributed by atoms with E-state index >= 15 is 0 Å². The summed E-state index contributed by atoms with van der Waals surface area (Å²) >= 11 is 0. The Balaban J connectivity index is 1.93. The number of benzene rings is 1. The molecule has 6 heteroatoms. The van der Waals surface area contributed by atoms with Crippen molar-refractivity contribution >= 4 is 12.1 Å². The molecule has 0 aliphatic rings. The minimum Gasteiger partial charge on any atom is -0.461 e. The fourth-order valence-electron chi connectivity index (χ4n) is 2.01. The molecule has 0 aromatic heterocycles. The van der Waals surface area contributed by atoms with E-state index in [9.17, 15) is 9.59 Å². The molecule has 1 rings (SSSR count). The number of hydrogen-bond donors (Lipinski definition) is 2. The molecule has 25 heavy (non-hydrogen) atoms. The van der Waals surface area contributed by atoms with E-state index in [0.717, 1.165) is 31.5 Å². The van der Waals surface area contributed by atoms with Crippen LogP contribution >= 0.6 is 0 Å². The van der Waals surface area contributed by atoms with Crippen LogP contribution in [0.4, 0.5) is 4.79 Å². The van der Waals surface area contributed by atoms with Crippen LogP contribution in [-0.4, -0.2) is 37.3 Å². The lowest BCUT2D eigenvalue weighted by Gasteiger charge is -2.19. The third kappa shape index (κ3) is 12.0. The van der Waals surface area contributed by atoms with Gasteiger partial charge in [-0.15, -0.1) is 0 Å². The van der Waals surface area contributed by atoms with Crippen molar-refractivity contribution in [2.45, 2.75) is 52.2 Å². The Morgan fingerprint density at radius 3 is 2.36 bits per heavy atom. The second-order valence-electron chi connectivity index (χ2n) is 6.78. The Morgan fingerprint density at radius 1 is 1.00 bits per heavy atom. The second kappa shape index (κ2) is 11.5. The third-order valence-electron chi connectivity index (χ3n) is 3.18. The lowest BCUT2D eigenvalue weighted by Crippen LogP contribution is -2.34. The molecule has 0 atom stereocenters. The van der Waals surface area contributed by atoms with E-state index in [0.29, 0.717) is 19.6 Å². The standard InChI is InChI=1S/C19H30N2O4/c1-19(2,3)25-18(23)21-14-8-13-20-12-7-11-17(22)24-15-16-9-5-4-6-10-16/h4-6,9-10,20H,7-8,11-15H2,1-3H3,(H,21,23). The van der Waals surface area contributed by atoms with Gasteiger partial charge >= 0.3 is 12.1 Å². The summed E-state index contributed by atoms with van der Waals surface area (Å²) in [5.41, 5.74) is 0.517. The molecule has 0 saturated heterocycles. The number of alkyl carbamates (subject to hydrolysis) is 1. The number of esters is 1. The SMILES string of the molecule is CC(C)(C)OC(=O)NCCCNCCCC(=O)OCc1ccccc1. The summed E-state index contributed by atoms with van der Waals surface area (Å²) in [5.74, 6) is -0.183. The fourth-order valence-corrected chi connectivity index (χ4v) is 2.01. The van der Waals surface area contributed by atoms with Gasteiger partial charge in [-0.05, 0) is 52.3 Å². The summed E-state index contributed by atoms with van der Waals surface area (Å²) < 4.78 is 10.4. The number of rotatable bonds is 10. The van der Waals surface area contributed by atoms with Gasteiger partial charge in [0, 0.05) is 13.0 Å². The molecule has 0 unspecified atom stereocenters. The maximum absolute atomic E-state index is 11.6. The van der Waals surface area contributed by atoms with Crippen LogP contribution in [0.5, 0.6) is 0 Å². The Hall–Kier alpha value is -2.08. The average Bonchev–Trinajstić information content (AvgIpc) is 2.54. The third-order valence-corrected chi connectivity index (χ3v) is 3.18. The van der Waals surface area contributed by atoms with Crippen molar-refractivity contribution in [2.75, 3.05) is 19.6 Å². The number of amides is 1. The first-order chi connectivity index (χ1) is 11.9. The van der Waals surface area contributed by atoms with Crippen molar-refractivity contribution in [3.63, 3.8) is 0 Å². The van der Waals surface area contributed by atoms with Crippen LogP contribution in [0.25, 0.3) is 0 Å². The van der Waals surface area contributed by atoms with Crippen LogP contribution in [0.15, 0.2) is 30.3 Å². The van der Waals surface area contributed by atoms with Gasteiger partial charge in [0.05, 0.1) is 0 Å². The molecule has 140 valence electrons. The van der Waals surface area contributed by atoms with E-state index in [2.05, 4.69) is 10.6 Å². The van der Waals surface area contributed by atoms with Gasteiger partial charge in [-0.3, -0.25) is 4.79 Å². The van der Waals surface area contributed by atoms with Crippen LogP contribution < -0.4 is 10.6 Å². The van der Waals surface area contributed by atoms with E-state index in [1.807, 2.05) is 51.1 Å². The molecule has 1 aromatic carbocycles. The summed E-state index contributed by atoms with van der Waals surface area (Å²) in [6.07, 6.45) is 1.54. The summed E-state index contributed by atoms with van der Waals surface area (Å²) in [6, 6.07) is 9.63. The lowest BCUT2D eigenvalue weighted by molar-refractivity contribution is -0.145. The minimum absolute atomic E-state index is 0.183. The highest BCUT2D eigenvalue weighted by molar-refractivity contribution is 5.69. The summed E-state index contributed by atoms with van der Waals surface area (Å²) in [4.78, 5) is 23.1. The predicted molar refractivity (Wildman–Crippen MR) is 97.2 cm³/mol. The van der Waals surface area contributed by atoms with Gasteiger partial charge < -0.3 is 20.1 Å². The van der Waals surface area contributed by atoms with Crippen molar-refractivity contribution in [3.8, 4) is 0 Å². The molecule has 0 aliphatic heterocycles. The minimum atomic E-state index is -0.475. The molecular weight excluding hydrogens is 320 g/mol. The van der Waals surface area contributed by atoms with E-state index < -0.39 is 11.7 Å². The highest BCUT2D eigenvalue weighted by Gasteiger charge is 2.15. The normalized spacial score (nSPS) is 11.0. The summed E-state index contributed by atoms with van der Waals surface area (Å²) in [6.45, 7) is 7.89. The topological polar surface area (TPSA) is 76.7 Å². The zero-order valence-electron chi connectivity index (χ0n) is 15.5.